The van der Waals surface area contributed by atoms with E-state index in [1.54, 1.807) is 0 Å². The topological polar surface area (TPSA) is 49.5 Å². The second-order valence-electron chi connectivity index (χ2n) is 2.74. The summed E-state index contributed by atoms with van der Waals surface area (Å²) in [6, 6.07) is 7.68. The van der Waals surface area contributed by atoms with Crippen LogP contribution in [0.15, 0.2) is 24.3 Å². The molecule has 3 heteroatoms. The van der Waals surface area contributed by atoms with E-state index in [0.717, 1.165) is 22.7 Å². The molecule has 0 fully saturated rings. The molecule has 1 aromatic carbocycles. The molecule has 1 heterocycles. The molecule has 58 valence electrons. The highest BCUT2D eigenvalue weighted by Crippen LogP contribution is 2.27. The summed E-state index contributed by atoms with van der Waals surface area (Å²) in [7, 11) is 0. The number of hydroxylamine groups is 1. The molecule has 2 rings (SSSR count). The summed E-state index contributed by atoms with van der Waals surface area (Å²) in [5.74, 6) is 0. The normalized spacial score (nSPS) is 22.0. The molecule has 0 aliphatic carbocycles. The zero-order chi connectivity index (χ0) is 7.84. The van der Waals surface area contributed by atoms with Gasteiger partial charge in [-0.05, 0) is 11.6 Å². The Morgan fingerprint density at radius 1 is 1.45 bits per heavy atom. The molecule has 0 aromatic heterocycles. The van der Waals surface area contributed by atoms with Gasteiger partial charge in [0.25, 0.3) is 0 Å². The van der Waals surface area contributed by atoms with Crippen molar-refractivity contribution in [3.05, 3.63) is 29.8 Å². The van der Waals surface area contributed by atoms with Crippen LogP contribution >= 0.6 is 0 Å². The Morgan fingerprint density at radius 3 is 2.91 bits per heavy atom. The minimum absolute atomic E-state index is 0.271. The van der Waals surface area contributed by atoms with E-state index in [0.29, 0.717) is 0 Å². The minimum Gasteiger partial charge on any atom is -0.309 e. The maximum absolute atomic E-state index is 9.36. The molecule has 3 N–H and O–H groups in total. The fourth-order valence-electron chi connectivity index (χ4n) is 1.40. The molecule has 0 amide bonds. The number of nitrogens with two attached hydrogens (primary N) is 1. The molecule has 3 nitrogen and oxygen atoms in total. The summed E-state index contributed by atoms with van der Waals surface area (Å²) in [5.41, 5.74) is 7.55. The Bertz CT molecular complexity index is 275. The van der Waals surface area contributed by atoms with Gasteiger partial charge in [0.15, 0.2) is 0 Å². The highest BCUT2D eigenvalue weighted by atomic mass is 16.5. The van der Waals surface area contributed by atoms with Gasteiger partial charge in [0.1, 0.15) is 6.17 Å². The van der Waals surface area contributed by atoms with Crippen molar-refractivity contribution in [2.45, 2.75) is 12.6 Å². The molecule has 0 saturated carbocycles. The van der Waals surface area contributed by atoms with Gasteiger partial charge < -0.3 is 5.73 Å². The van der Waals surface area contributed by atoms with E-state index >= 15 is 0 Å². The molecule has 0 radical (unpaired) electrons. The van der Waals surface area contributed by atoms with E-state index in [4.69, 9.17) is 5.73 Å². The van der Waals surface area contributed by atoms with Crippen molar-refractivity contribution in [1.82, 2.24) is 0 Å². The van der Waals surface area contributed by atoms with Gasteiger partial charge in [0.2, 0.25) is 0 Å². The fraction of sp³-hybridized carbons (Fsp3) is 0.250. The lowest BCUT2D eigenvalue weighted by molar-refractivity contribution is 0.228. The van der Waals surface area contributed by atoms with Crippen molar-refractivity contribution in [2.24, 2.45) is 5.73 Å². The minimum atomic E-state index is -0.271. The Hall–Kier alpha value is -1.06. The molecule has 0 spiro atoms. The molecule has 1 unspecified atom stereocenters. The Kier molecular flexibility index (Phi) is 1.34. The number of benzene rings is 1. The third-order valence-electron chi connectivity index (χ3n) is 1.98. The number of para-hydroxylation sites is 1. The van der Waals surface area contributed by atoms with Gasteiger partial charge in [-0.3, -0.25) is 5.21 Å². The highest BCUT2D eigenvalue weighted by molar-refractivity contribution is 5.56. The predicted octanol–water partition coefficient (Wildman–Crippen LogP) is 0.723. The van der Waals surface area contributed by atoms with Gasteiger partial charge in [0.05, 0.1) is 5.69 Å². The van der Waals surface area contributed by atoms with Crippen LogP contribution in [0, 0.1) is 0 Å². The van der Waals surface area contributed by atoms with Crippen molar-refractivity contribution >= 4 is 5.69 Å². The zero-order valence-electron chi connectivity index (χ0n) is 6.07. The molecule has 1 aliphatic heterocycles. The fourth-order valence-corrected chi connectivity index (χ4v) is 1.40. The SMILES string of the molecule is NC1Cc2ccccc2N1O. The third-order valence-corrected chi connectivity index (χ3v) is 1.98. The van der Waals surface area contributed by atoms with Crippen LogP contribution in [0.1, 0.15) is 5.56 Å². The second kappa shape index (κ2) is 2.22. The second-order valence-corrected chi connectivity index (χ2v) is 2.74. The van der Waals surface area contributed by atoms with Crippen LogP contribution in [0.4, 0.5) is 5.69 Å². The van der Waals surface area contributed by atoms with Gasteiger partial charge in [0, 0.05) is 6.42 Å². The van der Waals surface area contributed by atoms with E-state index in [1.807, 2.05) is 24.3 Å². The van der Waals surface area contributed by atoms with E-state index in [2.05, 4.69) is 0 Å². The van der Waals surface area contributed by atoms with Crippen LogP contribution < -0.4 is 10.8 Å². The average molecular weight is 150 g/mol. The van der Waals surface area contributed by atoms with Crippen molar-refractivity contribution in [3.8, 4) is 0 Å². The molecule has 0 bridgehead atoms. The lowest BCUT2D eigenvalue weighted by atomic mass is 10.2. The molecular weight excluding hydrogens is 140 g/mol. The van der Waals surface area contributed by atoms with Crippen molar-refractivity contribution < 1.29 is 5.21 Å². The van der Waals surface area contributed by atoms with E-state index in [-0.39, 0.29) is 6.17 Å². The first-order chi connectivity index (χ1) is 5.29. The van der Waals surface area contributed by atoms with Crippen LogP contribution in [-0.4, -0.2) is 11.4 Å². The highest BCUT2D eigenvalue weighted by Gasteiger charge is 2.23. The largest absolute Gasteiger partial charge is 0.309 e. The monoisotopic (exact) mass is 150 g/mol. The van der Waals surface area contributed by atoms with Crippen LogP contribution in [-0.2, 0) is 6.42 Å². The third kappa shape index (κ3) is 0.895. The summed E-state index contributed by atoms with van der Waals surface area (Å²) in [5, 5.41) is 10.5. The first kappa shape index (κ1) is 6.64. The van der Waals surface area contributed by atoms with Crippen molar-refractivity contribution in [2.75, 3.05) is 5.06 Å². The molecule has 11 heavy (non-hydrogen) atoms. The van der Waals surface area contributed by atoms with Crippen LogP contribution in [0.2, 0.25) is 0 Å². The Morgan fingerprint density at radius 2 is 2.18 bits per heavy atom. The van der Waals surface area contributed by atoms with E-state index in [9.17, 15) is 5.21 Å². The van der Waals surface area contributed by atoms with Gasteiger partial charge in [-0.1, -0.05) is 18.2 Å². The first-order valence-electron chi connectivity index (χ1n) is 3.60. The van der Waals surface area contributed by atoms with E-state index in [1.165, 1.54) is 0 Å². The summed E-state index contributed by atoms with van der Waals surface area (Å²) in [6.45, 7) is 0. The van der Waals surface area contributed by atoms with E-state index < -0.39 is 0 Å². The first-order valence-corrected chi connectivity index (χ1v) is 3.60. The lowest BCUT2D eigenvalue weighted by Crippen LogP contribution is -2.36. The van der Waals surface area contributed by atoms with Crippen molar-refractivity contribution in [3.63, 3.8) is 0 Å². The van der Waals surface area contributed by atoms with Crippen LogP contribution in [0.5, 0.6) is 0 Å². The predicted molar refractivity (Wildman–Crippen MR) is 42.4 cm³/mol. The van der Waals surface area contributed by atoms with Gasteiger partial charge >= 0.3 is 0 Å². The average Bonchev–Trinajstić information content (AvgIpc) is 2.30. The van der Waals surface area contributed by atoms with Gasteiger partial charge in [-0.15, -0.1) is 0 Å². The standard InChI is InChI=1S/C8H10N2O/c9-8-5-6-3-1-2-4-7(6)10(8)11/h1-4,8,11H,5,9H2. The molecule has 1 aromatic rings. The number of rotatable bonds is 0. The zero-order valence-corrected chi connectivity index (χ0v) is 6.07. The summed E-state index contributed by atoms with van der Waals surface area (Å²) in [6.07, 6.45) is 0.458. The summed E-state index contributed by atoms with van der Waals surface area (Å²) < 4.78 is 0. The van der Waals surface area contributed by atoms with Gasteiger partial charge in [-0.25, -0.2) is 5.06 Å². The van der Waals surface area contributed by atoms with Crippen LogP contribution in [0.3, 0.4) is 0 Å². The lowest BCUT2D eigenvalue weighted by Gasteiger charge is -2.14. The Balaban J connectivity index is 2.47. The molecule has 1 aliphatic rings. The number of nitrogens with zero attached hydrogens (tertiary/aromatic N) is 1. The molecular formula is C8H10N2O. The Labute approximate surface area is 65.0 Å². The maximum Gasteiger partial charge on any atom is 0.107 e. The molecule has 0 saturated heterocycles. The summed E-state index contributed by atoms with van der Waals surface area (Å²) >= 11 is 0. The number of anilines is 1. The number of hydrogen-bond donors (Lipinski definition) is 2. The summed E-state index contributed by atoms with van der Waals surface area (Å²) in [4.78, 5) is 0. The van der Waals surface area contributed by atoms with Crippen molar-refractivity contribution in [1.29, 1.82) is 0 Å². The van der Waals surface area contributed by atoms with Crippen LogP contribution in [0.25, 0.3) is 0 Å². The smallest absolute Gasteiger partial charge is 0.107 e. The van der Waals surface area contributed by atoms with Gasteiger partial charge in [-0.2, -0.15) is 0 Å². The number of fused-ring (bicyclic) bond motifs is 1. The quantitative estimate of drug-likeness (QED) is 0.573. The maximum atomic E-state index is 9.36. The number of hydrogen-bond acceptors (Lipinski definition) is 3. The molecule has 1 atom stereocenters.